The summed E-state index contributed by atoms with van der Waals surface area (Å²) in [4.78, 5) is 12.9. The van der Waals surface area contributed by atoms with Gasteiger partial charge in [0.25, 0.3) is 5.56 Å². The van der Waals surface area contributed by atoms with Gasteiger partial charge in [-0.1, -0.05) is 48.0 Å². The standard InChI is InChI=1S/C22H19Cl2FN2O3/c1-2-11-29-17-7-3-4-8-18(17)30-19-12-14(16(25)13-15(19)23)20-21(24)26-9-5-6-10-27(26)22(20)28/h2-4,7-8,12-13H,1,5-6,9-11H2. The van der Waals surface area contributed by atoms with Crippen LogP contribution in [0.25, 0.3) is 11.1 Å². The van der Waals surface area contributed by atoms with Crippen LogP contribution in [0, 0.1) is 5.82 Å². The Morgan fingerprint density at radius 3 is 2.47 bits per heavy atom. The van der Waals surface area contributed by atoms with E-state index in [1.54, 1.807) is 39.7 Å². The van der Waals surface area contributed by atoms with Crippen molar-refractivity contribution in [3.63, 3.8) is 0 Å². The molecule has 1 aromatic heterocycles. The molecule has 2 heterocycles. The molecule has 30 heavy (non-hydrogen) atoms. The van der Waals surface area contributed by atoms with Crippen LogP contribution < -0.4 is 15.0 Å². The van der Waals surface area contributed by atoms with Gasteiger partial charge >= 0.3 is 0 Å². The van der Waals surface area contributed by atoms with Gasteiger partial charge in [-0.05, 0) is 37.1 Å². The zero-order chi connectivity index (χ0) is 21.3. The van der Waals surface area contributed by atoms with Crippen molar-refractivity contribution in [2.45, 2.75) is 25.9 Å². The number of hydrogen-bond donors (Lipinski definition) is 0. The predicted octanol–water partition coefficient (Wildman–Crippen LogP) is 5.91. The van der Waals surface area contributed by atoms with E-state index in [-0.39, 0.29) is 32.6 Å². The second kappa shape index (κ2) is 8.58. The fourth-order valence-corrected chi connectivity index (χ4v) is 4.02. The van der Waals surface area contributed by atoms with Gasteiger partial charge in [0.15, 0.2) is 11.5 Å². The molecule has 156 valence electrons. The highest BCUT2D eigenvalue weighted by Crippen LogP contribution is 2.39. The van der Waals surface area contributed by atoms with Gasteiger partial charge in [-0.3, -0.25) is 9.48 Å². The maximum atomic E-state index is 14.8. The third kappa shape index (κ3) is 3.73. The van der Waals surface area contributed by atoms with Gasteiger partial charge < -0.3 is 9.47 Å². The molecule has 5 nitrogen and oxygen atoms in total. The van der Waals surface area contributed by atoms with Crippen molar-refractivity contribution in [3.05, 3.63) is 75.4 Å². The number of para-hydroxylation sites is 2. The van der Waals surface area contributed by atoms with Crippen LogP contribution in [0.3, 0.4) is 0 Å². The SMILES string of the molecule is C=CCOc1ccccc1Oc1cc(-c2c(Cl)n3n(c2=O)CCCC3)c(F)cc1Cl. The number of nitrogens with zero attached hydrogens (tertiary/aromatic N) is 2. The van der Waals surface area contributed by atoms with E-state index in [1.807, 2.05) is 0 Å². The zero-order valence-electron chi connectivity index (χ0n) is 16.0. The van der Waals surface area contributed by atoms with Crippen LogP contribution >= 0.6 is 23.2 Å². The van der Waals surface area contributed by atoms with Gasteiger partial charge in [-0.15, -0.1) is 0 Å². The minimum atomic E-state index is -0.647. The Hall–Kier alpha value is -2.70. The van der Waals surface area contributed by atoms with Crippen LogP contribution in [0.4, 0.5) is 4.39 Å². The molecule has 2 aromatic carbocycles. The Balaban J connectivity index is 1.78. The normalized spacial score (nSPS) is 13.0. The second-order valence-corrected chi connectivity index (χ2v) is 7.60. The Labute approximate surface area is 182 Å². The van der Waals surface area contributed by atoms with Gasteiger partial charge in [0.05, 0.1) is 10.6 Å². The summed E-state index contributed by atoms with van der Waals surface area (Å²) in [5, 5.41) is 0.275. The smallest absolute Gasteiger partial charge is 0.276 e. The Morgan fingerprint density at radius 1 is 1.07 bits per heavy atom. The van der Waals surface area contributed by atoms with Crippen LogP contribution in [0.1, 0.15) is 12.8 Å². The molecule has 0 bridgehead atoms. The maximum absolute atomic E-state index is 14.8. The van der Waals surface area contributed by atoms with E-state index in [9.17, 15) is 9.18 Å². The summed E-state index contributed by atoms with van der Waals surface area (Å²) in [6, 6.07) is 9.54. The molecule has 0 aliphatic carbocycles. The third-order valence-corrected chi connectivity index (χ3v) is 5.56. The van der Waals surface area contributed by atoms with Crippen molar-refractivity contribution in [2.75, 3.05) is 6.61 Å². The lowest BCUT2D eigenvalue weighted by Crippen LogP contribution is -2.27. The molecule has 0 saturated heterocycles. The summed E-state index contributed by atoms with van der Waals surface area (Å²) < 4.78 is 29.6. The summed E-state index contributed by atoms with van der Waals surface area (Å²) in [5.74, 6) is 0.424. The predicted molar refractivity (Wildman–Crippen MR) is 116 cm³/mol. The molecule has 1 aliphatic rings. The van der Waals surface area contributed by atoms with Gasteiger partial charge in [-0.25, -0.2) is 9.07 Å². The van der Waals surface area contributed by atoms with E-state index in [0.717, 1.165) is 18.9 Å². The summed E-state index contributed by atoms with van der Waals surface area (Å²) in [5.41, 5.74) is -0.182. The van der Waals surface area contributed by atoms with Gasteiger partial charge in [0, 0.05) is 18.7 Å². The number of fused-ring (bicyclic) bond motifs is 1. The van der Waals surface area contributed by atoms with Crippen LogP contribution in [0.2, 0.25) is 10.2 Å². The maximum Gasteiger partial charge on any atom is 0.276 e. The molecule has 3 aromatic rings. The molecule has 4 rings (SSSR count). The fourth-order valence-electron chi connectivity index (χ4n) is 3.47. The van der Waals surface area contributed by atoms with E-state index in [1.165, 1.54) is 6.07 Å². The monoisotopic (exact) mass is 448 g/mol. The highest BCUT2D eigenvalue weighted by Gasteiger charge is 2.25. The molecule has 0 unspecified atom stereocenters. The third-order valence-electron chi connectivity index (χ3n) is 4.88. The molecule has 0 amide bonds. The Morgan fingerprint density at radius 2 is 1.77 bits per heavy atom. The molecule has 0 fully saturated rings. The summed E-state index contributed by atoms with van der Waals surface area (Å²) in [6.45, 7) is 5.08. The van der Waals surface area contributed by atoms with Crippen LogP contribution in [-0.4, -0.2) is 16.0 Å². The number of hydrogen-bond acceptors (Lipinski definition) is 3. The lowest BCUT2D eigenvalue weighted by atomic mass is 10.1. The summed E-state index contributed by atoms with van der Waals surface area (Å²) in [7, 11) is 0. The first kappa shape index (κ1) is 20.6. The van der Waals surface area contributed by atoms with Crippen molar-refractivity contribution >= 4 is 23.2 Å². The van der Waals surface area contributed by atoms with Gasteiger partial charge in [0.2, 0.25) is 0 Å². The number of ether oxygens (including phenoxy) is 2. The highest BCUT2D eigenvalue weighted by atomic mass is 35.5. The van der Waals surface area contributed by atoms with Gasteiger partial charge in [0.1, 0.15) is 23.3 Å². The van der Waals surface area contributed by atoms with Crippen molar-refractivity contribution in [1.82, 2.24) is 9.36 Å². The minimum absolute atomic E-state index is 0.0447. The summed E-state index contributed by atoms with van der Waals surface area (Å²) in [6.07, 6.45) is 3.40. The van der Waals surface area contributed by atoms with Crippen LogP contribution in [0.5, 0.6) is 17.2 Å². The number of halogens is 3. The number of benzene rings is 2. The fraction of sp³-hybridized carbons (Fsp3) is 0.227. The molecule has 0 N–H and O–H groups in total. The minimum Gasteiger partial charge on any atom is -0.486 e. The number of aromatic nitrogens is 2. The van der Waals surface area contributed by atoms with E-state index in [4.69, 9.17) is 32.7 Å². The van der Waals surface area contributed by atoms with Crippen molar-refractivity contribution in [1.29, 1.82) is 0 Å². The Bertz CT molecular complexity index is 1170. The molecular weight excluding hydrogens is 430 g/mol. The van der Waals surface area contributed by atoms with Crippen molar-refractivity contribution in [2.24, 2.45) is 0 Å². The number of rotatable bonds is 6. The zero-order valence-corrected chi connectivity index (χ0v) is 17.5. The quantitative estimate of drug-likeness (QED) is 0.440. The van der Waals surface area contributed by atoms with Crippen LogP contribution in [0.15, 0.2) is 53.8 Å². The van der Waals surface area contributed by atoms with Crippen molar-refractivity contribution < 1.29 is 13.9 Å². The average molecular weight is 449 g/mol. The van der Waals surface area contributed by atoms with Crippen LogP contribution in [-0.2, 0) is 13.1 Å². The lowest BCUT2D eigenvalue weighted by Gasteiger charge is -2.17. The first-order valence-corrected chi connectivity index (χ1v) is 10.3. The van der Waals surface area contributed by atoms with Gasteiger partial charge in [-0.2, -0.15) is 0 Å². The molecule has 0 radical (unpaired) electrons. The molecule has 0 atom stereocenters. The Kier molecular flexibility index (Phi) is 5.88. The van der Waals surface area contributed by atoms with E-state index in [2.05, 4.69) is 6.58 Å². The van der Waals surface area contributed by atoms with E-state index >= 15 is 0 Å². The largest absolute Gasteiger partial charge is 0.486 e. The molecule has 0 saturated carbocycles. The first-order chi connectivity index (χ1) is 14.5. The molecule has 1 aliphatic heterocycles. The first-order valence-electron chi connectivity index (χ1n) is 9.50. The topological polar surface area (TPSA) is 45.4 Å². The highest BCUT2D eigenvalue weighted by molar-refractivity contribution is 6.33. The average Bonchev–Trinajstić information content (AvgIpc) is 3.00. The van der Waals surface area contributed by atoms with Crippen molar-refractivity contribution in [3.8, 4) is 28.4 Å². The molecular formula is C22H19Cl2FN2O3. The van der Waals surface area contributed by atoms with E-state index in [0.29, 0.717) is 31.2 Å². The lowest BCUT2D eigenvalue weighted by molar-refractivity contribution is 0.340. The molecule has 8 heteroatoms. The summed E-state index contributed by atoms with van der Waals surface area (Å²) >= 11 is 12.7. The second-order valence-electron chi connectivity index (χ2n) is 6.84. The molecule has 0 spiro atoms. The van der Waals surface area contributed by atoms with E-state index < -0.39 is 5.82 Å².